The maximum Gasteiger partial charge on any atom is 0.0537 e. The maximum atomic E-state index is 2.52. The maximum absolute atomic E-state index is 2.52. The van der Waals surface area contributed by atoms with Crippen LogP contribution in [-0.4, -0.2) is 27.2 Å². The first-order valence-electron chi connectivity index (χ1n) is 4.84. The molecule has 0 saturated heterocycles. The highest BCUT2D eigenvalue weighted by Gasteiger charge is 2.25. The Morgan fingerprint density at radius 2 is 1.85 bits per heavy atom. The van der Waals surface area contributed by atoms with Crippen LogP contribution in [0.2, 0.25) is 0 Å². The molecule has 0 spiro atoms. The van der Waals surface area contributed by atoms with Crippen LogP contribution in [0.5, 0.6) is 0 Å². The highest BCUT2D eigenvalue weighted by Crippen LogP contribution is 2.29. The second-order valence-electron chi connectivity index (χ2n) is 4.29. The molecule has 80 valence electrons. The molecule has 0 radical (unpaired) electrons. The second-order valence-corrected chi connectivity index (χ2v) is 6.46. The van der Waals surface area contributed by atoms with Crippen LogP contribution >= 0.6 is 23.7 Å². The summed E-state index contributed by atoms with van der Waals surface area (Å²) in [6.45, 7) is 11.4. The summed E-state index contributed by atoms with van der Waals surface area (Å²) in [5.74, 6) is 0. The van der Waals surface area contributed by atoms with Crippen molar-refractivity contribution in [1.82, 2.24) is 4.31 Å². The molecule has 0 aliphatic rings. The van der Waals surface area contributed by atoms with Gasteiger partial charge in [0.25, 0.3) is 0 Å². The summed E-state index contributed by atoms with van der Waals surface area (Å²) >= 11 is 3.85. The topological polar surface area (TPSA) is 3.24 Å². The molecule has 0 N–H and O–H groups in total. The predicted molar refractivity (Wildman–Crippen MR) is 67.3 cm³/mol. The molecule has 0 aromatic heterocycles. The quantitative estimate of drug-likeness (QED) is 0.513. The van der Waals surface area contributed by atoms with Crippen LogP contribution in [0, 0.1) is 0 Å². The van der Waals surface area contributed by atoms with Gasteiger partial charge in [-0.25, -0.2) is 4.31 Å². The standard InChI is InChI=1S/C10H23NS2/c1-7-9(2)11(10(3,4)5)13-8-12-6/h9H,7-8H2,1-6H3. The zero-order chi connectivity index (χ0) is 10.5. The van der Waals surface area contributed by atoms with E-state index >= 15 is 0 Å². The van der Waals surface area contributed by atoms with Gasteiger partial charge in [0.2, 0.25) is 0 Å². The molecule has 0 aliphatic heterocycles. The molecule has 0 saturated carbocycles. The van der Waals surface area contributed by atoms with Crippen molar-refractivity contribution in [3.63, 3.8) is 0 Å². The minimum Gasteiger partial charge on any atom is -0.242 e. The van der Waals surface area contributed by atoms with Crippen molar-refractivity contribution in [2.75, 3.05) is 11.3 Å². The van der Waals surface area contributed by atoms with Gasteiger partial charge in [0.05, 0.1) is 5.08 Å². The van der Waals surface area contributed by atoms with Gasteiger partial charge in [-0.15, -0.1) is 0 Å². The molecule has 1 unspecified atom stereocenters. The summed E-state index contributed by atoms with van der Waals surface area (Å²) in [4.78, 5) is 0. The van der Waals surface area contributed by atoms with Gasteiger partial charge in [0, 0.05) is 11.6 Å². The summed E-state index contributed by atoms with van der Waals surface area (Å²) in [6, 6.07) is 0.664. The molecule has 0 aliphatic carbocycles. The summed E-state index contributed by atoms with van der Waals surface area (Å²) in [5.41, 5.74) is 0.274. The number of thioether (sulfide) groups is 1. The number of hydrogen-bond donors (Lipinski definition) is 0. The smallest absolute Gasteiger partial charge is 0.0537 e. The van der Waals surface area contributed by atoms with Crippen molar-refractivity contribution in [3.8, 4) is 0 Å². The first-order chi connectivity index (χ1) is 5.93. The predicted octanol–water partition coefficient (Wildman–Crippen LogP) is 3.85. The monoisotopic (exact) mass is 221 g/mol. The third-order valence-electron chi connectivity index (χ3n) is 1.96. The number of hydrogen-bond acceptors (Lipinski definition) is 3. The van der Waals surface area contributed by atoms with Crippen molar-refractivity contribution >= 4 is 23.7 Å². The molecule has 0 amide bonds. The molecule has 0 aromatic rings. The molecule has 0 fully saturated rings. The molecule has 0 heterocycles. The molecular formula is C10H23NS2. The third kappa shape index (κ3) is 5.18. The summed E-state index contributed by atoms with van der Waals surface area (Å²) < 4.78 is 2.52. The summed E-state index contributed by atoms with van der Waals surface area (Å²) in [6.07, 6.45) is 3.38. The molecule has 0 aromatic carbocycles. The molecule has 3 heteroatoms. The van der Waals surface area contributed by atoms with Gasteiger partial charge >= 0.3 is 0 Å². The fourth-order valence-electron chi connectivity index (χ4n) is 1.26. The van der Waals surface area contributed by atoms with Crippen molar-refractivity contribution in [2.45, 2.75) is 52.6 Å². The normalized spacial score (nSPS) is 15.0. The van der Waals surface area contributed by atoms with Gasteiger partial charge in [0.15, 0.2) is 0 Å². The van der Waals surface area contributed by atoms with E-state index < -0.39 is 0 Å². The van der Waals surface area contributed by atoms with Crippen molar-refractivity contribution in [1.29, 1.82) is 0 Å². The van der Waals surface area contributed by atoms with Crippen molar-refractivity contribution in [2.24, 2.45) is 0 Å². The van der Waals surface area contributed by atoms with Gasteiger partial charge in [-0.2, -0.15) is 11.8 Å². The fraction of sp³-hybridized carbons (Fsp3) is 1.00. The average molecular weight is 221 g/mol. The lowest BCUT2D eigenvalue weighted by Gasteiger charge is -2.38. The first kappa shape index (κ1) is 13.7. The lowest BCUT2D eigenvalue weighted by molar-refractivity contribution is 0.217. The fourth-order valence-corrected chi connectivity index (χ4v) is 2.92. The Hall–Kier alpha value is 0.660. The van der Waals surface area contributed by atoms with Crippen molar-refractivity contribution < 1.29 is 0 Å². The SMILES string of the molecule is CCC(C)N(SCSC)C(C)(C)C. The Morgan fingerprint density at radius 3 is 2.15 bits per heavy atom. The van der Waals surface area contributed by atoms with E-state index in [9.17, 15) is 0 Å². The molecule has 1 nitrogen and oxygen atoms in total. The van der Waals surface area contributed by atoms with Gasteiger partial charge in [-0.3, -0.25) is 0 Å². The van der Waals surface area contributed by atoms with E-state index in [1.54, 1.807) is 0 Å². The van der Waals surface area contributed by atoms with Crippen molar-refractivity contribution in [3.05, 3.63) is 0 Å². The molecule has 0 rings (SSSR count). The van der Waals surface area contributed by atoms with Crippen LogP contribution in [0.15, 0.2) is 0 Å². The zero-order valence-electron chi connectivity index (χ0n) is 9.76. The van der Waals surface area contributed by atoms with E-state index in [4.69, 9.17) is 0 Å². The third-order valence-corrected chi connectivity index (χ3v) is 4.51. The van der Waals surface area contributed by atoms with Gasteiger partial charge in [-0.05, 0) is 40.4 Å². The zero-order valence-corrected chi connectivity index (χ0v) is 11.4. The van der Waals surface area contributed by atoms with Crippen LogP contribution < -0.4 is 0 Å². The van der Waals surface area contributed by atoms with E-state index in [0.717, 1.165) is 5.08 Å². The van der Waals surface area contributed by atoms with E-state index in [1.807, 2.05) is 23.7 Å². The number of nitrogens with zero attached hydrogens (tertiary/aromatic N) is 1. The highest BCUT2D eigenvalue weighted by atomic mass is 32.2. The first-order valence-corrected chi connectivity index (χ1v) is 7.18. The average Bonchev–Trinajstić information content (AvgIpc) is 2.02. The Kier molecular flexibility index (Phi) is 6.52. The number of rotatable bonds is 5. The Bertz CT molecular complexity index is 131. The van der Waals surface area contributed by atoms with E-state index in [0.29, 0.717) is 6.04 Å². The molecule has 1 atom stereocenters. The molecule has 0 bridgehead atoms. The van der Waals surface area contributed by atoms with Crippen LogP contribution in [0.4, 0.5) is 0 Å². The van der Waals surface area contributed by atoms with Gasteiger partial charge in [-0.1, -0.05) is 18.9 Å². The van der Waals surface area contributed by atoms with Crippen LogP contribution in [-0.2, 0) is 0 Å². The Morgan fingerprint density at radius 1 is 1.31 bits per heavy atom. The molecule has 13 heavy (non-hydrogen) atoms. The minimum atomic E-state index is 0.274. The van der Waals surface area contributed by atoms with E-state index in [2.05, 4.69) is 45.2 Å². The lowest BCUT2D eigenvalue weighted by atomic mass is 10.1. The Labute approximate surface area is 92.2 Å². The van der Waals surface area contributed by atoms with Crippen LogP contribution in [0.1, 0.15) is 41.0 Å². The summed E-state index contributed by atoms with van der Waals surface area (Å²) in [5, 5.41) is 1.15. The van der Waals surface area contributed by atoms with Gasteiger partial charge in [0.1, 0.15) is 0 Å². The van der Waals surface area contributed by atoms with Crippen LogP contribution in [0.3, 0.4) is 0 Å². The van der Waals surface area contributed by atoms with Gasteiger partial charge < -0.3 is 0 Å². The van der Waals surface area contributed by atoms with E-state index in [-0.39, 0.29) is 5.54 Å². The van der Waals surface area contributed by atoms with Crippen LogP contribution in [0.25, 0.3) is 0 Å². The Balaban J connectivity index is 4.19. The highest BCUT2D eigenvalue weighted by molar-refractivity contribution is 8.14. The molecular weight excluding hydrogens is 198 g/mol. The summed E-state index contributed by atoms with van der Waals surface area (Å²) in [7, 11) is 0. The second kappa shape index (κ2) is 6.20. The van der Waals surface area contributed by atoms with E-state index in [1.165, 1.54) is 6.42 Å². The largest absolute Gasteiger partial charge is 0.242 e. The minimum absolute atomic E-state index is 0.274. The lowest BCUT2D eigenvalue weighted by Crippen LogP contribution is -2.41.